The van der Waals surface area contributed by atoms with Crippen LogP contribution in [0.4, 0.5) is 11.8 Å². The van der Waals surface area contributed by atoms with Crippen LogP contribution in [0, 0.1) is 5.41 Å². The average molecular weight is 448 g/mol. The number of aromatic nitrogens is 3. The maximum Gasteiger partial charge on any atom is 0.264 e. The third kappa shape index (κ3) is 4.58. The van der Waals surface area contributed by atoms with E-state index in [4.69, 9.17) is 5.73 Å². The molecule has 1 aromatic carbocycles. The van der Waals surface area contributed by atoms with Gasteiger partial charge in [0.15, 0.2) is 0 Å². The van der Waals surface area contributed by atoms with E-state index >= 15 is 0 Å². The van der Waals surface area contributed by atoms with Gasteiger partial charge in [0.05, 0.1) is 12.1 Å². The molecule has 0 aliphatic carbocycles. The Morgan fingerprint density at radius 2 is 1.88 bits per heavy atom. The van der Waals surface area contributed by atoms with Gasteiger partial charge in [0.2, 0.25) is 5.95 Å². The molecule has 0 saturated carbocycles. The van der Waals surface area contributed by atoms with Gasteiger partial charge >= 0.3 is 0 Å². The van der Waals surface area contributed by atoms with Crippen LogP contribution in [0.1, 0.15) is 37.3 Å². The molecule has 2 fully saturated rings. The Kier molecular flexibility index (Phi) is 6.03. The number of nitrogens with one attached hydrogen (secondary N) is 2. The zero-order valence-corrected chi connectivity index (χ0v) is 19.3. The molecule has 0 amide bonds. The maximum atomic E-state index is 13.3. The summed E-state index contributed by atoms with van der Waals surface area (Å²) >= 11 is 0. The first-order chi connectivity index (χ1) is 16.0. The summed E-state index contributed by atoms with van der Waals surface area (Å²) in [4.78, 5) is 24.4. The van der Waals surface area contributed by atoms with E-state index < -0.39 is 0 Å². The molecule has 174 valence electrons. The Morgan fingerprint density at radius 1 is 1.12 bits per heavy atom. The SMILES string of the molecule is CCCCNc1nc(N)nc2ccn(Cc3ccc(CN4CCC5(CNC5)C4)cc3)c(=O)c12. The second-order valence-corrected chi connectivity index (χ2v) is 9.60. The summed E-state index contributed by atoms with van der Waals surface area (Å²) in [5, 5.41) is 7.18. The first-order valence-electron chi connectivity index (χ1n) is 12.0. The highest BCUT2D eigenvalue weighted by atomic mass is 16.1. The number of nitrogen functional groups attached to an aromatic ring is 1. The standard InChI is InChI=1S/C25H33N7O/c1-2-3-10-28-22-21-20(29-24(26)30-22)8-11-32(23(21)33)14-19-6-4-18(5-7-19)13-31-12-9-25(17-31)15-27-16-25/h4-8,11,27H,2-3,9-10,12-17H2,1H3,(H3,26,28,29,30). The topological polar surface area (TPSA) is 101 Å². The summed E-state index contributed by atoms with van der Waals surface area (Å²) < 4.78 is 1.72. The molecule has 33 heavy (non-hydrogen) atoms. The Balaban J connectivity index is 1.31. The molecule has 0 bridgehead atoms. The molecule has 3 aromatic rings. The van der Waals surface area contributed by atoms with E-state index in [1.807, 2.05) is 6.07 Å². The van der Waals surface area contributed by atoms with Crippen LogP contribution in [0.2, 0.25) is 0 Å². The third-order valence-electron chi connectivity index (χ3n) is 6.96. The Bertz CT molecular complexity index is 1180. The number of nitrogens with two attached hydrogens (primary N) is 1. The van der Waals surface area contributed by atoms with E-state index in [0.717, 1.165) is 44.6 Å². The Morgan fingerprint density at radius 3 is 2.55 bits per heavy atom. The van der Waals surface area contributed by atoms with E-state index in [2.05, 4.69) is 56.7 Å². The van der Waals surface area contributed by atoms with E-state index in [0.29, 0.717) is 28.7 Å². The lowest BCUT2D eigenvalue weighted by Gasteiger charge is -2.39. The molecule has 0 radical (unpaired) electrons. The van der Waals surface area contributed by atoms with E-state index in [9.17, 15) is 4.79 Å². The molecule has 8 nitrogen and oxygen atoms in total. The number of rotatable bonds is 8. The number of hydrogen-bond donors (Lipinski definition) is 3. The number of likely N-dealkylation sites (tertiary alicyclic amines) is 1. The van der Waals surface area contributed by atoms with Crippen molar-refractivity contribution in [3.8, 4) is 0 Å². The zero-order chi connectivity index (χ0) is 22.8. The number of unbranched alkanes of at least 4 members (excludes halogenated alkanes) is 1. The minimum Gasteiger partial charge on any atom is -0.369 e. The lowest BCUT2D eigenvalue weighted by molar-refractivity contribution is 0.167. The average Bonchev–Trinajstić information content (AvgIpc) is 3.22. The third-order valence-corrected chi connectivity index (χ3v) is 6.96. The predicted molar refractivity (Wildman–Crippen MR) is 132 cm³/mol. The molecule has 2 aliphatic rings. The van der Waals surface area contributed by atoms with Gasteiger partial charge in [-0.3, -0.25) is 9.69 Å². The quantitative estimate of drug-likeness (QED) is 0.456. The summed E-state index contributed by atoms with van der Waals surface area (Å²) in [7, 11) is 0. The van der Waals surface area contributed by atoms with Crippen LogP contribution in [0.5, 0.6) is 0 Å². The fourth-order valence-corrected chi connectivity index (χ4v) is 4.97. The van der Waals surface area contributed by atoms with Gasteiger partial charge in [-0.2, -0.15) is 4.98 Å². The smallest absolute Gasteiger partial charge is 0.264 e. The molecule has 4 N–H and O–H groups in total. The molecule has 4 heterocycles. The molecule has 2 saturated heterocycles. The van der Waals surface area contributed by atoms with Gasteiger partial charge in [0, 0.05) is 44.3 Å². The van der Waals surface area contributed by atoms with Crippen molar-refractivity contribution in [2.75, 3.05) is 43.8 Å². The fourth-order valence-electron chi connectivity index (χ4n) is 4.97. The number of nitrogens with zero attached hydrogens (tertiary/aromatic N) is 4. The second-order valence-electron chi connectivity index (χ2n) is 9.60. The normalized spacial score (nSPS) is 17.5. The maximum absolute atomic E-state index is 13.3. The van der Waals surface area contributed by atoms with Crippen molar-refractivity contribution in [2.45, 2.75) is 39.3 Å². The van der Waals surface area contributed by atoms with Crippen LogP contribution < -0.4 is 21.9 Å². The van der Waals surface area contributed by atoms with Crippen molar-refractivity contribution in [1.29, 1.82) is 0 Å². The van der Waals surface area contributed by atoms with Gasteiger partial charge in [-0.25, -0.2) is 4.98 Å². The van der Waals surface area contributed by atoms with Crippen LogP contribution in [-0.2, 0) is 13.1 Å². The molecule has 0 atom stereocenters. The van der Waals surface area contributed by atoms with Gasteiger partial charge in [-0.15, -0.1) is 0 Å². The Hall–Kier alpha value is -2.97. The minimum atomic E-state index is -0.105. The Labute approximate surface area is 194 Å². The molecular formula is C25H33N7O. The lowest BCUT2D eigenvalue weighted by atomic mass is 9.81. The van der Waals surface area contributed by atoms with Crippen molar-refractivity contribution < 1.29 is 0 Å². The van der Waals surface area contributed by atoms with Crippen LogP contribution in [0.25, 0.3) is 10.9 Å². The van der Waals surface area contributed by atoms with Gasteiger partial charge in [-0.05, 0) is 36.6 Å². The minimum absolute atomic E-state index is 0.105. The number of anilines is 2. The number of hydrogen-bond acceptors (Lipinski definition) is 7. The summed E-state index contributed by atoms with van der Waals surface area (Å²) in [5.74, 6) is 0.692. The van der Waals surface area contributed by atoms with Crippen LogP contribution in [-0.4, -0.2) is 52.2 Å². The lowest BCUT2D eigenvalue weighted by Crippen LogP contribution is -2.54. The molecule has 2 aliphatic heterocycles. The second kappa shape index (κ2) is 9.11. The summed E-state index contributed by atoms with van der Waals surface area (Å²) in [5.41, 5.74) is 9.27. The molecular weight excluding hydrogens is 414 g/mol. The molecule has 1 spiro atoms. The first kappa shape index (κ1) is 21.9. The van der Waals surface area contributed by atoms with E-state index in [1.165, 1.54) is 25.1 Å². The highest BCUT2D eigenvalue weighted by Crippen LogP contribution is 2.34. The van der Waals surface area contributed by atoms with Crippen LogP contribution in [0.15, 0.2) is 41.3 Å². The molecule has 8 heteroatoms. The highest BCUT2D eigenvalue weighted by molar-refractivity contribution is 5.89. The van der Waals surface area contributed by atoms with Gasteiger partial charge in [-0.1, -0.05) is 37.6 Å². The molecule has 5 rings (SSSR count). The van der Waals surface area contributed by atoms with Gasteiger partial charge < -0.3 is 20.9 Å². The number of fused-ring (bicyclic) bond motifs is 1. The first-order valence-corrected chi connectivity index (χ1v) is 12.0. The van der Waals surface area contributed by atoms with Crippen molar-refractivity contribution in [2.24, 2.45) is 5.41 Å². The van der Waals surface area contributed by atoms with Crippen LogP contribution >= 0.6 is 0 Å². The van der Waals surface area contributed by atoms with Gasteiger partial charge in [0.25, 0.3) is 5.56 Å². The number of pyridine rings is 1. The highest BCUT2D eigenvalue weighted by Gasteiger charge is 2.42. The monoisotopic (exact) mass is 447 g/mol. The van der Waals surface area contributed by atoms with Gasteiger partial charge in [0.1, 0.15) is 11.2 Å². The van der Waals surface area contributed by atoms with Crippen LogP contribution in [0.3, 0.4) is 0 Å². The van der Waals surface area contributed by atoms with Crippen molar-refractivity contribution >= 4 is 22.7 Å². The zero-order valence-electron chi connectivity index (χ0n) is 19.3. The summed E-state index contributed by atoms with van der Waals surface area (Å²) in [6, 6.07) is 10.5. The largest absolute Gasteiger partial charge is 0.369 e. The number of benzene rings is 1. The molecule has 0 unspecified atom stereocenters. The van der Waals surface area contributed by atoms with Crippen molar-refractivity contribution in [1.82, 2.24) is 24.8 Å². The predicted octanol–water partition coefficient (Wildman–Crippen LogP) is 2.43. The van der Waals surface area contributed by atoms with Crippen molar-refractivity contribution in [3.05, 3.63) is 58.0 Å². The molecule has 2 aromatic heterocycles. The van der Waals surface area contributed by atoms with E-state index in [1.54, 1.807) is 10.8 Å². The summed E-state index contributed by atoms with van der Waals surface area (Å²) in [6.07, 6.45) is 5.14. The summed E-state index contributed by atoms with van der Waals surface area (Å²) in [6.45, 7) is 9.06. The fraction of sp³-hybridized carbons (Fsp3) is 0.480. The van der Waals surface area contributed by atoms with Crippen molar-refractivity contribution in [3.63, 3.8) is 0 Å². The van der Waals surface area contributed by atoms with E-state index in [-0.39, 0.29) is 11.5 Å².